The summed E-state index contributed by atoms with van der Waals surface area (Å²) < 4.78 is 13.1. The fourth-order valence-corrected chi connectivity index (χ4v) is 3.24. The van der Waals surface area contributed by atoms with Crippen molar-refractivity contribution < 1.29 is 9.18 Å². The first-order valence-electron chi connectivity index (χ1n) is 9.87. The fourth-order valence-electron chi connectivity index (χ4n) is 3.24. The third kappa shape index (κ3) is 4.53. The first-order valence-corrected chi connectivity index (χ1v) is 9.87. The van der Waals surface area contributed by atoms with E-state index in [-0.39, 0.29) is 11.7 Å². The molecule has 1 saturated carbocycles. The number of aryl methyl sites for hydroxylation is 1. The molecule has 1 aromatic carbocycles. The van der Waals surface area contributed by atoms with Gasteiger partial charge in [0.05, 0.1) is 5.41 Å². The SMILES string of the molecule is Cc1ccc(Nc2ccc(NCCNC(=O)C3(c4ccc(F)cc4)CC3)nn2)nc1. The Morgan fingerprint density at radius 2 is 1.67 bits per heavy atom. The molecule has 0 unspecified atom stereocenters. The van der Waals surface area contributed by atoms with Crippen molar-refractivity contribution in [3.05, 3.63) is 71.7 Å². The van der Waals surface area contributed by atoms with Crippen molar-refractivity contribution in [1.82, 2.24) is 20.5 Å². The molecule has 1 fully saturated rings. The number of amides is 1. The third-order valence-corrected chi connectivity index (χ3v) is 5.13. The van der Waals surface area contributed by atoms with Gasteiger partial charge in [-0.1, -0.05) is 18.2 Å². The molecule has 2 heterocycles. The molecule has 0 aliphatic heterocycles. The Kier molecular flexibility index (Phi) is 5.56. The van der Waals surface area contributed by atoms with Crippen molar-refractivity contribution >= 4 is 23.4 Å². The maximum atomic E-state index is 13.1. The lowest BCUT2D eigenvalue weighted by Crippen LogP contribution is -2.37. The molecule has 2 aromatic heterocycles. The van der Waals surface area contributed by atoms with Crippen LogP contribution in [0.2, 0.25) is 0 Å². The van der Waals surface area contributed by atoms with Gasteiger partial charge in [-0.3, -0.25) is 4.79 Å². The van der Waals surface area contributed by atoms with E-state index in [1.54, 1.807) is 18.3 Å². The van der Waals surface area contributed by atoms with Crippen LogP contribution in [0, 0.1) is 12.7 Å². The highest BCUT2D eigenvalue weighted by Crippen LogP contribution is 2.48. The second-order valence-electron chi connectivity index (χ2n) is 7.42. The van der Waals surface area contributed by atoms with Gasteiger partial charge < -0.3 is 16.0 Å². The lowest BCUT2D eigenvalue weighted by atomic mass is 9.95. The molecule has 8 heteroatoms. The minimum absolute atomic E-state index is 0.0212. The van der Waals surface area contributed by atoms with Crippen LogP contribution in [0.3, 0.4) is 0 Å². The number of hydrogen-bond donors (Lipinski definition) is 3. The van der Waals surface area contributed by atoms with Gasteiger partial charge in [0.2, 0.25) is 5.91 Å². The summed E-state index contributed by atoms with van der Waals surface area (Å²) >= 11 is 0. The summed E-state index contributed by atoms with van der Waals surface area (Å²) in [6, 6.07) is 13.6. The molecule has 1 aliphatic rings. The third-order valence-electron chi connectivity index (χ3n) is 5.13. The summed E-state index contributed by atoms with van der Waals surface area (Å²) in [7, 11) is 0. The van der Waals surface area contributed by atoms with Crippen LogP contribution in [0.25, 0.3) is 0 Å². The van der Waals surface area contributed by atoms with Crippen molar-refractivity contribution in [3.8, 4) is 0 Å². The van der Waals surface area contributed by atoms with Gasteiger partial charge in [-0.05, 0) is 61.2 Å². The molecule has 7 nitrogen and oxygen atoms in total. The molecular formula is C22H23FN6O. The Labute approximate surface area is 174 Å². The highest BCUT2D eigenvalue weighted by molar-refractivity contribution is 5.91. The second-order valence-corrected chi connectivity index (χ2v) is 7.42. The standard InChI is InChI=1S/C22H23FN6O/c1-15-2-7-18(26-14-15)27-20-9-8-19(28-29-20)24-12-13-25-21(30)22(10-11-22)16-3-5-17(23)6-4-16/h2-9,14H,10-13H2,1H3,(H,24,28)(H,25,30)(H,26,27,29). The van der Waals surface area contributed by atoms with Gasteiger partial charge in [-0.2, -0.15) is 0 Å². The number of carbonyl (C=O) groups excluding carboxylic acids is 1. The van der Waals surface area contributed by atoms with E-state index in [2.05, 4.69) is 31.1 Å². The number of carbonyl (C=O) groups is 1. The van der Waals surface area contributed by atoms with Gasteiger partial charge in [-0.15, -0.1) is 10.2 Å². The van der Waals surface area contributed by atoms with Crippen molar-refractivity contribution in [1.29, 1.82) is 0 Å². The maximum absolute atomic E-state index is 13.1. The molecule has 0 saturated heterocycles. The lowest BCUT2D eigenvalue weighted by molar-refractivity contribution is -0.123. The van der Waals surface area contributed by atoms with Crippen LogP contribution in [0.4, 0.5) is 21.8 Å². The molecule has 154 valence electrons. The van der Waals surface area contributed by atoms with Crippen LogP contribution in [0.1, 0.15) is 24.0 Å². The Hall–Kier alpha value is -3.55. The highest BCUT2D eigenvalue weighted by Gasteiger charge is 2.50. The molecule has 0 atom stereocenters. The first-order chi connectivity index (χ1) is 14.5. The molecule has 4 rings (SSSR count). The van der Waals surface area contributed by atoms with Crippen LogP contribution in [-0.4, -0.2) is 34.2 Å². The second kappa shape index (κ2) is 8.44. The lowest BCUT2D eigenvalue weighted by Gasteiger charge is -2.16. The molecule has 0 spiro atoms. The van der Waals surface area contributed by atoms with E-state index in [1.807, 2.05) is 31.2 Å². The van der Waals surface area contributed by atoms with Crippen LogP contribution in [0.15, 0.2) is 54.7 Å². The van der Waals surface area contributed by atoms with Gasteiger partial charge in [0.1, 0.15) is 17.5 Å². The van der Waals surface area contributed by atoms with Gasteiger partial charge in [0, 0.05) is 19.3 Å². The van der Waals surface area contributed by atoms with E-state index in [1.165, 1.54) is 12.1 Å². The number of benzene rings is 1. The van der Waals surface area contributed by atoms with Crippen LogP contribution in [-0.2, 0) is 10.2 Å². The van der Waals surface area contributed by atoms with Gasteiger partial charge in [0.25, 0.3) is 0 Å². The minimum Gasteiger partial charge on any atom is -0.367 e. The average molecular weight is 406 g/mol. The maximum Gasteiger partial charge on any atom is 0.230 e. The quantitative estimate of drug-likeness (QED) is 0.497. The van der Waals surface area contributed by atoms with Crippen LogP contribution < -0.4 is 16.0 Å². The number of halogens is 1. The van der Waals surface area contributed by atoms with E-state index in [0.717, 1.165) is 24.0 Å². The monoisotopic (exact) mass is 406 g/mol. The molecule has 1 aliphatic carbocycles. The molecule has 0 radical (unpaired) electrons. The van der Waals surface area contributed by atoms with Gasteiger partial charge in [0.15, 0.2) is 5.82 Å². The Morgan fingerprint density at radius 3 is 2.30 bits per heavy atom. The smallest absolute Gasteiger partial charge is 0.230 e. The predicted octanol–water partition coefficient (Wildman–Crippen LogP) is 3.32. The fraction of sp³-hybridized carbons (Fsp3) is 0.273. The zero-order chi connectivity index (χ0) is 21.0. The highest BCUT2D eigenvalue weighted by atomic mass is 19.1. The summed E-state index contributed by atoms with van der Waals surface area (Å²) in [5, 5.41) is 17.4. The van der Waals surface area contributed by atoms with E-state index in [4.69, 9.17) is 0 Å². The van der Waals surface area contributed by atoms with E-state index >= 15 is 0 Å². The van der Waals surface area contributed by atoms with Crippen LogP contribution in [0.5, 0.6) is 0 Å². The minimum atomic E-state index is -0.509. The Morgan fingerprint density at radius 1 is 0.967 bits per heavy atom. The topological polar surface area (TPSA) is 91.8 Å². The van der Waals surface area contributed by atoms with Gasteiger partial charge in [-0.25, -0.2) is 9.37 Å². The summed E-state index contributed by atoms with van der Waals surface area (Å²) in [5.74, 6) is 1.60. The van der Waals surface area contributed by atoms with Crippen molar-refractivity contribution in [2.24, 2.45) is 0 Å². The number of nitrogens with zero attached hydrogens (tertiary/aromatic N) is 3. The zero-order valence-corrected chi connectivity index (χ0v) is 16.7. The number of pyridine rings is 1. The Balaban J connectivity index is 1.23. The van der Waals surface area contributed by atoms with E-state index in [0.29, 0.717) is 30.5 Å². The predicted molar refractivity (Wildman–Crippen MR) is 113 cm³/mol. The Bertz CT molecular complexity index is 1000. The largest absolute Gasteiger partial charge is 0.367 e. The van der Waals surface area contributed by atoms with Crippen molar-refractivity contribution in [2.75, 3.05) is 23.7 Å². The van der Waals surface area contributed by atoms with Crippen molar-refractivity contribution in [2.45, 2.75) is 25.2 Å². The van der Waals surface area contributed by atoms with Crippen molar-refractivity contribution in [3.63, 3.8) is 0 Å². The van der Waals surface area contributed by atoms with Gasteiger partial charge >= 0.3 is 0 Å². The normalized spacial score (nSPS) is 14.1. The number of rotatable bonds is 8. The number of hydrogen-bond acceptors (Lipinski definition) is 6. The molecule has 3 N–H and O–H groups in total. The summed E-state index contributed by atoms with van der Waals surface area (Å²) in [6.07, 6.45) is 3.35. The number of anilines is 3. The molecule has 3 aromatic rings. The molecule has 1 amide bonds. The van der Waals surface area contributed by atoms with E-state index in [9.17, 15) is 9.18 Å². The number of nitrogens with one attached hydrogen (secondary N) is 3. The van der Waals surface area contributed by atoms with Crippen LogP contribution >= 0.6 is 0 Å². The molecule has 0 bridgehead atoms. The number of aromatic nitrogens is 3. The first kappa shape index (κ1) is 19.8. The summed E-state index contributed by atoms with van der Waals surface area (Å²) in [4.78, 5) is 16.9. The average Bonchev–Trinajstić information content (AvgIpc) is 3.56. The summed E-state index contributed by atoms with van der Waals surface area (Å²) in [6.45, 7) is 2.95. The van der Waals surface area contributed by atoms with E-state index < -0.39 is 5.41 Å². The molecular weight excluding hydrogens is 383 g/mol. The molecule has 30 heavy (non-hydrogen) atoms. The summed E-state index contributed by atoms with van der Waals surface area (Å²) in [5.41, 5.74) is 1.44. The zero-order valence-electron chi connectivity index (χ0n) is 16.7.